The van der Waals surface area contributed by atoms with Crippen LogP contribution >= 0.6 is 0 Å². The molecule has 9 heteroatoms. The molecular formula is C34H39N5O4. The Morgan fingerprint density at radius 1 is 1.05 bits per heavy atom. The lowest BCUT2D eigenvalue weighted by Crippen LogP contribution is -2.60. The summed E-state index contributed by atoms with van der Waals surface area (Å²) in [6, 6.07) is 11.9. The molecule has 3 atom stereocenters. The molecule has 2 N–H and O–H groups in total. The summed E-state index contributed by atoms with van der Waals surface area (Å²) >= 11 is 0. The van der Waals surface area contributed by atoms with E-state index in [9.17, 15) is 14.4 Å². The number of pyridine rings is 1. The van der Waals surface area contributed by atoms with Crippen LogP contribution in [0.25, 0.3) is 27.8 Å². The van der Waals surface area contributed by atoms with Gasteiger partial charge in [0.15, 0.2) is 5.78 Å². The largest absolute Gasteiger partial charge is 0.443 e. The van der Waals surface area contributed by atoms with Crippen LogP contribution in [0.15, 0.2) is 42.6 Å². The maximum absolute atomic E-state index is 14.2. The summed E-state index contributed by atoms with van der Waals surface area (Å²) in [6.45, 7) is 11.4. The summed E-state index contributed by atoms with van der Waals surface area (Å²) in [6.07, 6.45) is 4.67. The quantitative estimate of drug-likeness (QED) is 0.281. The topological polar surface area (TPSA) is 112 Å². The van der Waals surface area contributed by atoms with Gasteiger partial charge in [-0.15, -0.1) is 0 Å². The first kappa shape index (κ1) is 27.7. The Kier molecular flexibility index (Phi) is 6.07. The van der Waals surface area contributed by atoms with Crippen molar-refractivity contribution in [2.24, 2.45) is 23.0 Å². The lowest BCUT2D eigenvalue weighted by molar-refractivity contribution is -0.0359. The first-order chi connectivity index (χ1) is 20.4. The third-order valence-electron chi connectivity index (χ3n) is 10.3. The summed E-state index contributed by atoms with van der Waals surface area (Å²) in [4.78, 5) is 40.1. The first-order valence-electron chi connectivity index (χ1n) is 15.3. The van der Waals surface area contributed by atoms with Gasteiger partial charge in [-0.05, 0) is 75.1 Å². The van der Waals surface area contributed by atoms with E-state index >= 15 is 0 Å². The summed E-state index contributed by atoms with van der Waals surface area (Å²) in [5.74, 6) is 0.655. The molecule has 9 nitrogen and oxygen atoms in total. The van der Waals surface area contributed by atoms with Gasteiger partial charge < -0.3 is 19.9 Å². The minimum Gasteiger partial charge on any atom is -0.443 e. The van der Waals surface area contributed by atoms with Crippen LogP contribution in [0.2, 0.25) is 0 Å². The van der Waals surface area contributed by atoms with Crippen molar-refractivity contribution < 1.29 is 19.1 Å². The lowest BCUT2D eigenvalue weighted by Gasteiger charge is -2.49. The van der Waals surface area contributed by atoms with E-state index in [1.165, 1.54) is 12.8 Å². The molecule has 1 aliphatic heterocycles. The lowest BCUT2D eigenvalue weighted by atomic mass is 9.70. The Balaban J connectivity index is 1.29. The average molecular weight is 582 g/mol. The van der Waals surface area contributed by atoms with Crippen LogP contribution in [-0.4, -0.2) is 55.1 Å². The SMILES string of the molecule is CC(=O)c1ccc2cc(-c3nn4cc(C(=O)N5CC6CCC5(C(C)(C)C)[C@@H]6OC(N)=O)ccc4c3C)n(CC3CC3)c2c1. The standard InChI is InChI=1S/C34H39N5O4/c1-19-26-11-10-25(31(41)38-17-24-12-13-34(38,33(3,4)5)30(24)43-32(35)42)18-39(26)36-29(19)28-15-23-9-8-22(20(2)40)14-27(23)37(28)16-21-6-7-21/h8-11,14-15,18,21,24,30H,6-7,12-13,16-17H2,1-5H3,(H2,35,42)/t24?,30-,34?/m1/s1. The van der Waals surface area contributed by atoms with E-state index in [1.54, 1.807) is 6.92 Å². The van der Waals surface area contributed by atoms with E-state index in [2.05, 4.69) is 38.3 Å². The number of hydrogen-bond acceptors (Lipinski definition) is 5. The number of Topliss-reactive ketones (excluding diaryl/α,β-unsaturated/α-hetero) is 1. The van der Waals surface area contributed by atoms with Crippen LogP contribution in [0.3, 0.4) is 0 Å². The van der Waals surface area contributed by atoms with Crippen molar-refractivity contribution in [3.05, 3.63) is 59.3 Å². The number of carbonyl (C=O) groups is 3. The van der Waals surface area contributed by atoms with Crippen molar-refractivity contribution in [1.29, 1.82) is 0 Å². The molecule has 3 aromatic heterocycles. The predicted molar refractivity (Wildman–Crippen MR) is 164 cm³/mol. The highest BCUT2D eigenvalue weighted by molar-refractivity contribution is 5.99. The number of fused-ring (bicyclic) bond motifs is 4. The van der Waals surface area contributed by atoms with E-state index in [0.717, 1.165) is 52.8 Å². The molecule has 4 heterocycles. The first-order valence-corrected chi connectivity index (χ1v) is 15.3. The summed E-state index contributed by atoms with van der Waals surface area (Å²) < 4.78 is 9.80. The van der Waals surface area contributed by atoms with Crippen LogP contribution in [0.1, 0.15) is 79.7 Å². The van der Waals surface area contributed by atoms with E-state index in [0.29, 0.717) is 23.6 Å². The summed E-state index contributed by atoms with van der Waals surface area (Å²) in [5, 5.41) is 6.11. The van der Waals surface area contributed by atoms with E-state index in [1.807, 2.05) is 45.9 Å². The van der Waals surface area contributed by atoms with E-state index in [-0.39, 0.29) is 23.0 Å². The molecule has 43 heavy (non-hydrogen) atoms. The van der Waals surface area contributed by atoms with Gasteiger partial charge in [0.05, 0.1) is 22.3 Å². The number of aromatic nitrogens is 3. The Morgan fingerprint density at radius 3 is 2.47 bits per heavy atom. The Morgan fingerprint density at radius 2 is 1.79 bits per heavy atom. The predicted octanol–water partition coefficient (Wildman–Crippen LogP) is 5.99. The highest BCUT2D eigenvalue weighted by Gasteiger charge is 2.66. The third-order valence-corrected chi connectivity index (χ3v) is 10.3. The van der Waals surface area contributed by atoms with Crippen LogP contribution in [0, 0.1) is 24.2 Å². The minimum absolute atomic E-state index is 0.0516. The van der Waals surface area contributed by atoms with Gasteiger partial charge in [0.2, 0.25) is 0 Å². The average Bonchev–Trinajstić information content (AvgIpc) is 3.35. The molecule has 2 amide bonds. The molecule has 0 radical (unpaired) electrons. The number of ether oxygens (including phenoxy) is 1. The number of likely N-dealkylation sites (tertiary alicyclic amines) is 1. The van der Waals surface area contributed by atoms with Crippen molar-refractivity contribution >= 4 is 34.2 Å². The fourth-order valence-corrected chi connectivity index (χ4v) is 7.88. The molecule has 4 aromatic rings. The number of ketones is 1. The second kappa shape index (κ2) is 9.43. The molecule has 1 saturated heterocycles. The fourth-order valence-electron chi connectivity index (χ4n) is 7.88. The second-order valence-corrected chi connectivity index (χ2v) is 13.9. The molecule has 3 aliphatic rings. The van der Waals surface area contributed by atoms with Gasteiger partial charge in [0.1, 0.15) is 11.8 Å². The van der Waals surface area contributed by atoms with E-state index in [4.69, 9.17) is 15.6 Å². The highest BCUT2D eigenvalue weighted by Crippen LogP contribution is 2.57. The molecule has 224 valence electrons. The summed E-state index contributed by atoms with van der Waals surface area (Å²) in [5.41, 5.74) is 10.7. The maximum Gasteiger partial charge on any atom is 0.404 e. The molecule has 2 bridgehead atoms. The number of aryl methyl sites for hydroxylation is 1. The number of primary amides is 1. The molecule has 2 aliphatic carbocycles. The number of carbonyl (C=O) groups excluding carboxylic acids is 3. The van der Waals surface area contributed by atoms with Crippen molar-refractivity contribution in [3.63, 3.8) is 0 Å². The zero-order valence-electron chi connectivity index (χ0n) is 25.5. The van der Waals surface area contributed by atoms with Crippen molar-refractivity contribution in [2.75, 3.05) is 6.54 Å². The zero-order chi connectivity index (χ0) is 30.4. The Hall–Kier alpha value is -4.14. The van der Waals surface area contributed by atoms with Gasteiger partial charge in [0, 0.05) is 47.2 Å². The molecule has 0 spiro atoms. The van der Waals surface area contributed by atoms with Gasteiger partial charge in [-0.2, -0.15) is 5.10 Å². The van der Waals surface area contributed by atoms with Crippen LogP contribution in [0.4, 0.5) is 4.79 Å². The summed E-state index contributed by atoms with van der Waals surface area (Å²) in [7, 11) is 0. The molecular weight excluding hydrogens is 542 g/mol. The number of nitrogens with two attached hydrogens (primary N) is 1. The number of benzene rings is 1. The molecule has 7 rings (SSSR count). The van der Waals surface area contributed by atoms with Crippen molar-refractivity contribution in [1.82, 2.24) is 19.1 Å². The van der Waals surface area contributed by atoms with Crippen LogP contribution in [0.5, 0.6) is 0 Å². The number of amides is 2. The van der Waals surface area contributed by atoms with Crippen LogP contribution < -0.4 is 5.73 Å². The number of nitrogens with zero attached hydrogens (tertiary/aromatic N) is 4. The number of piperidine rings is 1. The zero-order valence-corrected chi connectivity index (χ0v) is 25.5. The Labute approximate surface area is 251 Å². The van der Waals surface area contributed by atoms with Gasteiger partial charge in [0.25, 0.3) is 5.91 Å². The van der Waals surface area contributed by atoms with Gasteiger partial charge in [-0.25, -0.2) is 9.31 Å². The molecule has 3 fully saturated rings. The van der Waals surface area contributed by atoms with Gasteiger partial charge >= 0.3 is 6.09 Å². The third kappa shape index (κ3) is 4.18. The van der Waals surface area contributed by atoms with Crippen LogP contribution in [-0.2, 0) is 11.3 Å². The smallest absolute Gasteiger partial charge is 0.404 e. The number of hydrogen-bond donors (Lipinski definition) is 1. The molecule has 2 unspecified atom stereocenters. The highest BCUT2D eigenvalue weighted by atomic mass is 16.6. The van der Waals surface area contributed by atoms with Gasteiger partial charge in [-0.3, -0.25) is 9.59 Å². The molecule has 2 saturated carbocycles. The normalized spacial score (nSPS) is 23.4. The number of rotatable bonds is 6. The maximum atomic E-state index is 14.2. The van der Waals surface area contributed by atoms with Crippen molar-refractivity contribution in [2.45, 2.75) is 78.5 Å². The van der Waals surface area contributed by atoms with Crippen molar-refractivity contribution in [3.8, 4) is 11.4 Å². The molecule has 1 aromatic carbocycles. The Bertz CT molecular complexity index is 1820. The monoisotopic (exact) mass is 581 g/mol. The van der Waals surface area contributed by atoms with Gasteiger partial charge in [-0.1, -0.05) is 32.9 Å². The minimum atomic E-state index is -0.794. The van der Waals surface area contributed by atoms with E-state index < -0.39 is 17.7 Å². The second-order valence-electron chi connectivity index (χ2n) is 13.9. The fraction of sp³-hybridized carbons (Fsp3) is 0.471.